The molecule has 11 heavy (non-hydrogen) atoms. The predicted octanol–water partition coefficient (Wildman–Crippen LogP) is 1.37. The molecule has 0 aromatic carbocycles. The molecule has 0 aliphatic carbocycles. The molecule has 68 valence electrons. The molecule has 0 bridgehead atoms. The largest absolute Gasteiger partial charge is 0.318 e. The standard InChI is InChI=1S/C9H22N2/c1-6-8(2)11-9(3,4)7-10-5/h8,10-11H,6-7H2,1-5H3. The minimum atomic E-state index is 0.212. The Morgan fingerprint density at radius 1 is 1.36 bits per heavy atom. The van der Waals surface area contributed by atoms with E-state index in [1.807, 2.05) is 7.05 Å². The van der Waals surface area contributed by atoms with Crippen molar-refractivity contribution in [1.29, 1.82) is 0 Å². The fraction of sp³-hybridized carbons (Fsp3) is 1.00. The predicted molar refractivity (Wildman–Crippen MR) is 50.9 cm³/mol. The van der Waals surface area contributed by atoms with Crippen LogP contribution in [0.1, 0.15) is 34.1 Å². The molecule has 0 aliphatic rings. The second-order valence-electron chi connectivity index (χ2n) is 3.87. The van der Waals surface area contributed by atoms with Crippen molar-refractivity contribution < 1.29 is 0 Å². The van der Waals surface area contributed by atoms with Crippen LogP contribution in [-0.2, 0) is 0 Å². The molecule has 0 aromatic rings. The van der Waals surface area contributed by atoms with Gasteiger partial charge in [-0.15, -0.1) is 0 Å². The Balaban J connectivity index is 3.70. The first-order valence-electron chi connectivity index (χ1n) is 4.44. The van der Waals surface area contributed by atoms with Crippen molar-refractivity contribution in [3.8, 4) is 0 Å². The van der Waals surface area contributed by atoms with Crippen LogP contribution in [0.5, 0.6) is 0 Å². The van der Waals surface area contributed by atoms with Gasteiger partial charge in [0.1, 0.15) is 0 Å². The van der Waals surface area contributed by atoms with Gasteiger partial charge in [-0.25, -0.2) is 0 Å². The first-order chi connectivity index (χ1) is 5.02. The highest BCUT2D eigenvalue weighted by Gasteiger charge is 2.17. The van der Waals surface area contributed by atoms with Crippen LogP contribution in [0.3, 0.4) is 0 Å². The van der Waals surface area contributed by atoms with Gasteiger partial charge in [0.2, 0.25) is 0 Å². The molecule has 2 N–H and O–H groups in total. The maximum absolute atomic E-state index is 3.54. The van der Waals surface area contributed by atoms with Crippen molar-refractivity contribution in [2.24, 2.45) is 0 Å². The third-order valence-electron chi connectivity index (χ3n) is 1.87. The molecular weight excluding hydrogens is 136 g/mol. The highest BCUT2D eigenvalue weighted by molar-refractivity contribution is 4.81. The van der Waals surface area contributed by atoms with E-state index in [2.05, 4.69) is 38.3 Å². The maximum Gasteiger partial charge on any atom is 0.0251 e. The third-order valence-corrected chi connectivity index (χ3v) is 1.87. The quantitative estimate of drug-likeness (QED) is 0.631. The first-order valence-corrected chi connectivity index (χ1v) is 4.44. The van der Waals surface area contributed by atoms with Crippen LogP contribution in [0.25, 0.3) is 0 Å². The van der Waals surface area contributed by atoms with Gasteiger partial charge in [0.05, 0.1) is 0 Å². The molecule has 0 rings (SSSR count). The zero-order valence-corrected chi connectivity index (χ0v) is 8.49. The lowest BCUT2D eigenvalue weighted by atomic mass is 10.0. The summed E-state index contributed by atoms with van der Waals surface area (Å²) in [7, 11) is 1.99. The molecule has 1 unspecified atom stereocenters. The topological polar surface area (TPSA) is 24.1 Å². The van der Waals surface area contributed by atoms with E-state index in [9.17, 15) is 0 Å². The number of likely N-dealkylation sites (N-methyl/N-ethyl adjacent to an activating group) is 1. The van der Waals surface area contributed by atoms with Gasteiger partial charge in [0.15, 0.2) is 0 Å². The summed E-state index contributed by atoms with van der Waals surface area (Å²) < 4.78 is 0. The van der Waals surface area contributed by atoms with E-state index in [4.69, 9.17) is 0 Å². The van der Waals surface area contributed by atoms with E-state index in [0.717, 1.165) is 6.54 Å². The maximum atomic E-state index is 3.54. The van der Waals surface area contributed by atoms with Gasteiger partial charge in [0, 0.05) is 18.1 Å². The van der Waals surface area contributed by atoms with Crippen LogP contribution in [0, 0.1) is 0 Å². The molecule has 2 nitrogen and oxygen atoms in total. The molecule has 2 heteroatoms. The first kappa shape index (κ1) is 10.9. The molecule has 1 atom stereocenters. The Morgan fingerprint density at radius 2 is 1.91 bits per heavy atom. The summed E-state index contributed by atoms with van der Waals surface area (Å²) in [6.45, 7) is 9.87. The number of hydrogen-bond donors (Lipinski definition) is 2. The van der Waals surface area contributed by atoms with Crippen LogP contribution in [-0.4, -0.2) is 25.2 Å². The van der Waals surface area contributed by atoms with Crippen molar-refractivity contribution in [2.75, 3.05) is 13.6 Å². The highest BCUT2D eigenvalue weighted by Crippen LogP contribution is 2.03. The monoisotopic (exact) mass is 158 g/mol. The van der Waals surface area contributed by atoms with E-state index >= 15 is 0 Å². The number of nitrogens with one attached hydrogen (secondary N) is 2. The number of rotatable bonds is 5. The molecule has 0 aromatic heterocycles. The zero-order valence-electron chi connectivity index (χ0n) is 8.49. The van der Waals surface area contributed by atoms with E-state index in [0.29, 0.717) is 6.04 Å². The Morgan fingerprint density at radius 3 is 2.27 bits per heavy atom. The number of hydrogen-bond acceptors (Lipinski definition) is 2. The fourth-order valence-electron chi connectivity index (χ4n) is 1.26. The van der Waals surface area contributed by atoms with Crippen molar-refractivity contribution >= 4 is 0 Å². The summed E-state index contributed by atoms with van der Waals surface area (Å²) in [5.41, 5.74) is 0.212. The van der Waals surface area contributed by atoms with Gasteiger partial charge in [0.25, 0.3) is 0 Å². The molecule has 0 saturated heterocycles. The Hall–Kier alpha value is -0.0800. The summed E-state index contributed by atoms with van der Waals surface area (Å²) in [6, 6.07) is 0.610. The van der Waals surface area contributed by atoms with Crippen molar-refractivity contribution in [1.82, 2.24) is 10.6 Å². The minimum Gasteiger partial charge on any atom is -0.318 e. The summed E-state index contributed by atoms with van der Waals surface area (Å²) >= 11 is 0. The lowest BCUT2D eigenvalue weighted by molar-refractivity contribution is 0.330. The Kier molecular flexibility index (Phi) is 4.69. The Bertz CT molecular complexity index is 99.7. The van der Waals surface area contributed by atoms with E-state index in [1.165, 1.54) is 6.42 Å². The fourth-order valence-corrected chi connectivity index (χ4v) is 1.26. The van der Waals surface area contributed by atoms with E-state index < -0.39 is 0 Å². The summed E-state index contributed by atoms with van der Waals surface area (Å²) in [5, 5.41) is 6.72. The van der Waals surface area contributed by atoms with Gasteiger partial charge in [-0.3, -0.25) is 0 Å². The average molecular weight is 158 g/mol. The van der Waals surface area contributed by atoms with Crippen LogP contribution >= 0.6 is 0 Å². The minimum absolute atomic E-state index is 0.212. The van der Waals surface area contributed by atoms with Crippen LogP contribution in [0.15, 0.2) is 0 Å². The second kappa shape index (κ2) is 4.73. The average Bonchev–Trinajstić information content (AvgIpc) is 1.86. The van der Waals surface area contributed by atoms with Crippen molar-refractivity contribution in [3.63, 3.8) is 0 Å². The lowest BCUT2D eigenvalue weighted by Crippen LogP contribution is -2.50. The molecule has 0 spiro atoms. The van der Waals surface area contributed by atoms with Crippen LogP contribution in [0.2, 0.25) is 0 Å². The zero-order chi connectivity index (χ0) is 8.91. The van der Waals surface area contributed by atoms with Gasteiger partial charge in [-0.2, -0.15) is 0 Å². The van der Waals surface area contributed by atoms with Gasteiger partial charge < -0.3 is 10.6 Å². The lowest BCUT2D eigenvalue weighted by Gasteiger charge is -2.29. The molecule has 0 amide bonds. The molecular formula is C9H22N2. The SMILES string of the molecule is CCC(C)NC(C)(C)CNC. The molecule has 0 saturated carbocycles. The molecule has 0 radical (unpaired) electrons. The van der Waals surface area contributed by atoms with Gasteiger partial charge >= 0.3 is 0 Å². The van der Waals surface area contributed by atoms with Crippen LogP contribution < -0.4 is 10.6 Å². The molecule has 0 fully saturated rings. The van der Waals surface area contributed by atoms with Gasteiger partial charge in [-0.1, -0.05) is 6.92 Å². The van der Waals surface area contributed by atoms with Crippen molar-refractivity contribution in [2.45, 2.75) is 45.7 Å². The Labute approximate surface area is 70.8 Å². The van der Waals surface area contributed by atoms with E-state index in [1.54, 1.807) is 0 Å². The summed E-state index contributed by atoms with van der Waals surface area (Å²) in [6.07, 6.45) is 1.19. The summed E-state index contributed by atoms with van der Waals surface area (Å²) in [4.78, 5) is 0. The smallest absolute Gasteiger partial charge is 0.0251 e. The normalized spacial score (nSPS) is 15.0. The third kappa shape index (κ3) is 5.22. The molecule has 0 heterocycles. The van der Waals surface area contributed by atoms with Crippen molar-refractivity contribution in [3.05, 3.63) is 0 Å². The highest BCUT2D eigenvalue weighted by atomic mass is 15.0. The van der Waals surface area contributed by atoms with Gasteiger partial charge in [-0.05, 0) is 34.2 Å². The van der Waals surface area contributed by atoms with E-state index in [-0.39, 0.29) is 5.54 Å². The second-order valence-corrected chi connectivity index (χ2v) is 3.87. The molecule has 0 aliphatic heterocycles. The summed E-state index contributed by atoms with van der Waals surface area (Å²) in [5.74, 6) is 0. The van der Waals surface area contributed by atoms with Crippen LogP contribution in [0.4, 0.5) is 0 Å².